The van der Waals surface area contributed by atoms with E-state index in [1.807, 2.05) is 6.08 Å². The topological polar surface area (TPSA) is 89.8 Å². The van der Waals surface area contributed by atoms with Crippen molar-refractivity contribution in [2.45, 2.75) is 244 Å². The lowest BCUT2D eigenvalue weighted by atomic mass is 10.0. The summed E-state index contributed by atoms with van der Waals surface area (Å²) in [6, 6.07) is -0.819. The van der Waals surface area contributed by atoms with Crippen LogP contribution in [0, 0.1) is 0 Å². The Kier molecular flexibility index (Phi) is 41.7. The third-order valence-electron chi connectivity index (χ3n) is 10.4. The fourth-order valence-electron chi connectivity index (χ4n) is 6.81. The predicted molar refractivity (Wildman–Crippen MR) is 231 cm³/mol. The molecule has 0 aromatic heterocycles. The minimum atomic E-state index is -1.11. The van der Waals surface area contributed by atoms with Crippen molar-refractivity contribution in [3.8, 4) is 0 Å². The van der Waals surface area contributed by atoms with E-state index >= 15 is 0 Å². The van der Waals surface area contributed by atoms with Gasteiger partial charge in [-0.15, -0.1) is 0 Å². The third kappa shape index (κ3) is 38.4. The molecule has 310 valence electrons. The van der Waals surface area contributed by atoms with E-state index in [1.54, 1.807) is 6.08 Å². The van der Waals surface area contributed by atoms with E-state index in [4.69, 9.17) is 0 Å². The number of hydrogen-bond donors (Lipinski definition) is 4. The van der Waals surface area contributed by atoms with Crippen LogP contribution in [0.5, 0.6) is 0 Å². The zero-order valence-corrected chi connectivity index (χ0v) is 35.1. The molecule has 0 bridgehead atoms. The van der Waals surface area contributed by atoms with Crippen LogP contribution in [0.1, 0.15) is 226 Å². The summed E-state index contributed by atoms with van der Waals surface area (Å²) in [6.45, 7) is 4.04. The van der Waals surface area contributed by atoms with Crippen molar-refractivity contribution in [1.82, 2.24) is 5.32 Å². The van der Waals surface area contributed by atoms with Crippen LogP contribution in [0.15, 0.2) is 48.6 Å². The SMILES string of the molecule is CC/C=C/CC/C=C/CC/C=C/C(O)C(CO)NC(=O)C(O)CCCCCCCCCCCCCCC/C=C\CCCCCCCCCCCCCC. The first-order chi connectivity index (χ1) is 26.1. The van der Waals surface area contributed by atoms with Gasteiger partial charge in [-0.05, 0) is 64.2 Å². The Morgan fingerprint density at radius 1 is 0.472 bits per heavy atom. The zero-order valence-electron chi connectivity index (χ0n) is 35.1. The second-order valence-electron chi connectivity index (χ2n) is 15.6. The van der Waals surface area contributed by atoms with E-state index in [0.29, 0.717) is 6.42 Å². The fourth-order valence-corrected chi connectivity index (χ4v) is 6.81. The molecular formula is C48H89NO4. The Morgan fingerprint density at radius 3 is 1.25 bits per heavy atom. The van der Waals surface area contributed by atoms with Gasteiger partial charge in [-0.25, -0.2) is 0 Å². The second kappa shape index (κ2) is 43.0. The van der Waals surface area contributed by atoms with E-state index in [-0.39, 0.29) is 6.61 Å². The molecule has 0 aromatic carbocycles. The van der Waals surface area contributed by atoms with Gasteiger partial charge in [0, 0.05) is 0 Å². The lowest BCUT2D eigenvalue weighted by Crippen LogP contribution is -2.48. The minimum Gasteiger partial charge on any atom is -0.394 e. The number of amides is 1. The molecule has 53 heavy (non-hydrogen) atoms. The van der Waals surface area contributed by atoms with Crippen molar-refractivity contribution < 1.29 is 20.1 Å². The molecule has 3 unspecified atom stereocenters. The van der Waals surface area contributed by atoms with Gasteiger partial charge >= 0.3 is 0 Å². The van der Waals surface area contributed by atoms with E-state index in [2.05, 4.69) is 55.6 Å². The van der Waals surface area contributed by atoms with Gasteiger partial charge in [-0.2, -0.15) is 0 Å². The molecule has 0 aliphatic carbocycles. The standard InChI is InChI=1S/C48H89NO4/c1-3-5-7-9-11-13-15-16-17-18-19-20-21-22-23-24-25-26-27-28-29-30-31-32-33-35-37-39-41-43-47(52)48(53)49-45(44-50)46(51)42-40-38-36-34-14-12-10-8-6-4-2/h6,8,14,22-23,34,40,42,45-47,50-52H,3-5,7,9-13,15-21,24-33,35-39,41,43-44H2,1-2H3,(H,49,53)/b8-6+,23-22-,34-14+,42-40+. The van der Waals surface area contributed by atoms with Gasteiger partial charge < -0.3 is 20.6 Å². The summed E-state index contributed by atoms with van der Waals surface area (Å²) in [7, 11) is 0. The molecule has 0 fully saturated rings. The molecule has 0 spiro atoms. The monoisotopic (exact) mass is 744 g/mol. The number of aliphatic hydroxyl groups excluding tert-OH is 3. The average molecular weight is 744 g/mol. The molecule has 5 heteroatoms. The molecule has 0 aliphatic rings. The van der Waals surface area contributed by atoms with Crippen molar-refractivity contribution in [2.24, 2.45) is 0 Å². The van der Waals surface area contributed by atoms with E-state index in [1.165, 1.54) is 154 Å². The average Bonchev–Trinajstić information content (AvgIpc) is 3.16. The van der Waals surface area contributed by atoms with Crippen LogP contribution in [-0.4, -0.2) is 46.1 Å². The lowest BCUT2D eigenvalue weighted by molar-refractivity contribution is -0.131. The van der Waals surface area contributed by atoms with Gasteiger partial charge in [-0.1, -0.05) is 210 Å². The maximum absolute atomic E-state index is 12.4. The van der Waals surface area contributed by atoms with E-state index in [0.717, 1.165) is 51.4 Å². The van der Waals surface area contributed by atoms with Crippen molar-refractivity contribution in [3.05, 3.63) is 48.6 Å². The number of hydrogen-bond acceptors (Lipinski definition) is 4. The lowest BCUT2D eigenvalue weighted by Gasteiger charge is -2.21. The van der Waals surface area contributed by atoms with Crippen LogP contribution in [0.2, 0.25) is 0 Å². The molecule has 5 nitrogen and oxygen atoms in total. The molecule has 0 aromatic rings. The van der Waals surface area contributed by atoms with Crippen molar-refractivity contribution in [2.75, 3.05) is 6.61 Å². The predicted octanol–water partition coefficient (Wildman–Crippen LogP) is 13.3. The van der Waals surface area contributed by atoms with Crippen LogP contribution in [0.3, 0.4) is 0 Å². The number of allylic oxidation sites excluding steroid dienone is 7. The van der Waals surface area contributed by atoms with Crippen LogP contribution in [-0.2, 0) is 4.79 Å². The summed E-state index contributed by atoms with van der Waals surface area (Å²) in [4.78, 5) is 12.4. The van der Waals surface area contributed by atoms with Gasteiger partial charge in [-0.3, -0.25) is 4.79 Å². The Labute approximate surface area is 329 Å². The van der Waals surface area contributed by atoms with Crippen LogP contribution in [0.25, 0.3) is 0 Å². The highest BCUT2D eigenvalue weighted by molar-refractivity contribution is 5.80. The highest BCUT2D eigenvalue weighted by atomic mass is 16.3. The Hall–Kier alpha value is -1.69. The summed E-state index contributed by atoms with van der Waals surface area (Å²) >= 11 is 0. The number of unbranched alkanes of at least 4 members (excludes halogenated alkanes) is 27. The zero-order chi connectivity index (χ0) is 38.7. The molecule has 0 saturated carbocycles. The molecule has 0 rings (SSSR count). The summed E-state index contributed by atoms with van der Waals surface area (Å²) in [6.07, 6.45) is 56.1. The molecule has 0 saturated heterocycles. The summed E-state index contributed by atoms with van der Waals surface area (Å²) in [5, 5.41) is 33.0. The van der Waals surface area contributed by atoms with E-state index in [9.17, 15) is 20.1 Å². The molecule has 3 atom stereocenters. The summed E-state index contributed by atoms with van der Waals surface area (Å²) < 4.78 is 0. The molecule has 0 aliphatic heterocycles. The highest BCUT2D eigenvalue weighted by Crippen LogP contribution is 2.15. The van der Waals surface area contributed by atoms with Gasteiger partial charge in [0.05, 0.1) is 18.8 Å². The number of carbonyl (C=O) groups excluding carboxylic acids is 1. The molecule has 4 N–H and O–H groups in total. The maximum atomic E-state index is 12.4. The number of aliphatic hydroxyl groups is 3. The number of rotatable bonds is 41. The van der Waals surface area contributed by atoms with Gasteiger partial charge in [0.2, 0.25) is 5.91 Å². The Bertz CT molecular complexity index is 866. The third-order valence-corrected chi connectivity index (χ3v) is 10.4. The van der Waals surface area contributed by atoms with Crippen molar-refractivity contribution >= 4 is 5.91 Å². The number of nitrogens with one attached hydrogen (secondary N) is 1. The van der Waals surface area contributed by atoms with Gasteiger partial charge in [0.25, 0.3) is 0 Å². The van der Waals surface area contributed by atoms with Crippen LogP contribution >= 0.6 is 0 Å². The van der Waals surface area contributed by atoms with E-state index < -0.39 is 24.2 Å². The van der Waals surface area contributed by atoms with Crippen LogP contribution in [0.4, 0.5) is 0 Å². The smallest absolute Gasteiger partial charge is 0.249 e. The molecule has 1 amide bonds. The van der Waals surface area contributed by atoms with Crippen LogP contribution < -0.4 is 5.32 Å². The molecule has 0 radical (unpaired) electrons. The minimum absolute atomic E-state index is 0.382. The quantitative estimate of drug-likeness (QED) is 0.0371. The summed E-state index contributed by atoms with van der Waals surface area (Å²) in [5.41, 5.74) is 0. The summed E-state index contributed by atoms with van der Waals surface area (Å²) in [5.74, 6) is -0.520. The highest BCUT2D eigenvalue weighted by Gasteiger charge is 2.22. The molecular weight excluding hydrogens is 655 g/mol. The van der Waals surface area contributed by atoms with Crippen molar-refractivity contribution in [1.29, 1.82) is 0 Å². The first-order valence-corrected chi connectivity index (χ1v) is 23.0. The Balaban J connectivity index is 3.55. The fraction of sp³-hybridized carbons (Fsp3) is 0.812. The largest absolute Gasteiger partial charge is 0.394 e. The normalized spacial score (nSPS) is 14.0. The molecule has 0 heterocycles. The second-order valence-corrected chi connectivity index (χ2v) is 15.6. The Morgan fingerprint density at radius 2 is 0.830 bits per heavy atom. The van der Waals surface area contributed by atoms with Gasteiger partial charge in [0.15, 0.2) is 0 Å². The van der Waals surface area contributed by atoms with Gasteiger partial charge in [0.1, 0.15) is 6.10 Å². The number of carbonyl (C=O) groups is 1. The maximum Gasteiger partial charge on any atom is 0.249 e. The van der Waals surface area contributed by atoms with Crippen molar-refractivity contribution in [3.63, 3.8) is 0 Å². The first kappa shape index (κ1) is 51.3. The first-order valence-electron chi connectivity index (χ1n) is 23.0.